The van der Waals surface area contributed by atoms with E-state index in [-0.39, 0.29) is 16.3 Å². The summed E-state index contributed by atoms with van der Waals surface area (Å²) in [5.74, 6) is -0.131. The summed E-state index contributed by atoms with van der Waals surface area (Å²) in [4.78, 5) is 26.5. The third-order valence-electron chi connectivity index (χ3n) is 2.60. The van der Waals surface area contributed by atoms with Crippen molar-refractivity contribution in [1.82, 2.24) is 20.0 Å². The third kappa shape index (κ3) is 2.73. The fourth-order valence-corrected chi connectivity index (χ4v) is 2.45. The van der Waals surface area contributed by atoms with Gasteiger partial charge in [-0.2, -0.15) is 0 Å². The molecule has 17 heavy (non-hydrogen) atoms. The Hall–Kier alpha value is -1.21. The summed E-state index contributed by atoms with van der Waals surface area (Å²) in [6.45, 7) is 3.70. The van der Waals surface area contributed by atoms with Crippen LogP contribution in [0, 0.1) is 0 Å². The smallest absolute Gasteiger partial charge is 0.285 e. The molecular weight excluding hydrogens is 264 g/mol. The molecule has 2 heterocycles. The highest BCUT2D eigenvalue weighted by atomic mass is 35.5. The highest BCUT2D eigenvalue weighted by Gasteiger charge is 2.25. The number of piperazine rings is 1. The van der Waals surface area contributed by atoms with E-state index < -0.39 is 0 Å². The van der Waals surface area contributed by atoms with Gasteiger partial charge < -0.3 is 9.80 Å². The molecule has 92 valence electrons. The molecule has 1 aliphatic heterocycles. The van der Waals surface area contributed by atoms with Gasteiger partial charge in [0.1, 0.15) is 0 Å². The zero-order valence-electron chi connectivity index (χ0n) is 9.22. The summed E-state index contributed by atoms with van der Waals surface area (Å²) in [7, 11) is 0. The Morgan fingerprint density at radius 3 is 2.24 bits per heavy atom. The lowest BCUT2D eigenvalue weighted by Gasteiger charge is -2.33. The van der Waals surface area contributed by atoms with Gasteiger partial charge in [-0.3, -0.25) is 9.59 Å². The highest BCUT2D eigenvalue weighted by molar-refractivity contribution is 7.17. The first kappa shape index (κ1) is 12.3. The van der Waals surface area contributed by atoms with Gasteiger partial charge in [0.2, 0.25) is 15.4 Å². The molecule has 0 unspecified atom stereocenters. The predicted octanol–water partition coefficient (Wildman–Crippen LogP) is 0.496. The maximum absolute atomic E-state index is 12.0. The summed E-state index contributed by atoms with van der Waals surface area (Å²) in [5.41, 5.74) is 0. The van der Waals surface area contributed by atoms with E-state index in [9.17, 15) is 9.59 Å². The molecule has 0 radical (unpaired) electrons. The standard InChI is InChI=1S/C9H11ClN4O2S/c1-6(15)13-2-4-14(5-3-13)8(16)7-11-12-9(10)17-7/h2-5H2,1H3. The average Bonchev–Trinajstić information content (AvgIpc) is 2.75. The fourth-order valence-electron chi connectivity index (χ4n) is 1.65. The van der Waals surface area contributed by atoms with Gasteiger partial charge in [0, 0.05) is 33.1 Å². The van der Waals surface area contributed by atoms with Crippen LogP contribution in [-0.4, -0.2) is 58.0 Å². The van der Waals surface area contributed by atoms with Crippen LogP contribution in [0.3, 0.4) is 0 Å². The molecule has 1 fully saturated rings. The van der Waals surface area contributed by atoms with E-state index in [4.69, 9.17) is 11.6 Å². The van der Waals surface area contributed by atoms with Crippen LogP contribution >= 0.6 is 22.9 Å². The van der Waals surface area contributed by atoms with Crippen molar-refractivity contribution < 1.29 is 9.59 Å². The summed E-state index contributed by atoms with van der Waals surface area (Å²) >= 11 is 6.70. The second kappa shape index (κ2) is 4.97. The van der Waals surface area contributed by atoms with Crippen LogP contribution in [0.5, 0.6) is 0 Å². The van der Waals surface area contributed by atoms with Crippen molar-refractivity contribution in [3.8, 4) is 0 Å². The molecule has 0 saturated carbocycles. The van der Waals surface area contributed by atoms with Crippen LogP contribution in [0.25, 0.3) is 0 Å². The number of amides is 2. The Morgan fingerprint density at radius 2 is 1.76 bits per heavy atom. The van der Waals surface area contributed by atoms with Crippen molar-refractivity contribution in [3.05, 3.63) is 9.47 Å². The quantitative estimate of drug-likeness (QED) is 0.748. The first-order valence-corrected chi connectivity index (χ1v) is 6.31. The molecule has 0 bridgehead atoms. The monoisotopic (exact) mass is 274 g/mol. The summed E-state index contributed by atoms with van der Waals surface area (Å²) in [5, 5.41) is 7.60. The van der Waals surface area contributed by atoms with E-state index in [2.05, 4.69) is 10.2 Å². The molecular formula is C9H11ClN4O2S. The van der Waals surface area contributed by atoms with Gasteiger partial charge in [-0.25, -0.2) is 0 Å². The third-order valence-corrected chi connectivity index (χ3v) is 3.60. The lowest BCUT2D eigenvalue weighted by molar-refractivity contribution is -0.130. The Bertz CT molecular complexity index is 442. The van der Waals surface area contributed by atoms with Crippen molar-refractivity contribution in [3.63, 3.8) is 0 Å². The normalized spacial score (nSPS) is 16.1. The Balaban J connectivity index is 1.97. The number of rotatable bonds is 1. The number of carbonyl (C=O) groups excluding carboxylic acids is 2. The van der Waals surface area contributed by atoms with Gasteiger partial charge in [0.15, 0.2) is 0 Å². The highest BCUT2D eigenvalue weighted by Crippen LogP contribution is 2.17. The second-order valence-corrected chi connectivity index (χ2v) is 5.22. The van der Waals surface area contributed by atoms with Gasteiger partial charge in [-0.05, 0) is 11.6 Å². The summed E-state index contributed by atoms with van der Waals surface area (Å²) in [6, 6.07) is 0. The van der Waals surface area contributed by atoms with Crippen molar-refractivity contribution >= 4 is 34.8 Å². The first-order valence-electron chi connectivity index (χ1n) is 5.11. The Kier molecular flexibility index (Phi) is 3.58. The number of hydrogen-bond donors (Lipinski definition) is 0. The van der Waals surface area contributed by atoms with Crippen molar-refractivity contribution in [1.29, 1.82) is 0 Å². The molecule has 1 aromatic heterocycles. The number of hydrogen-bond acceptors (Lipinski definition) is 5. The largest absolute Gasteiger partial charge is 0.339 e. The first-order chi connectivity index (χ1) is 8.08. The van der Waals surface area contributed by atoms with E-state index in [0.29, 0.717) is 31.2 Å². The molecule has 1 aromatic rings. The van der Waals surface area contributed by atoms with E-state index in [0.717, 1.165) is 11.3 Å². The molecule has 0 aromatic carbocycles. The van der Waals surface area contributed by atoms with Crippen molar-refractivity contribution in [2.45, 2.75) is 6.92 Å². The summed E-state index contributed by atoms with van der Waals surface area (Å²) in [6.07, 6.45) is 0. The van der Waals surface area contributed by atoms with Crippen LogP contribution in [0.15, 0.2) is 0 Å². The summed E-state index contributed by atoms with van der Waals surface area (Å²) < 4.78 is 0.260. The lowest BCUT2D eigenvalue weighted by atomic mass is 10.3. The maximum Gasteiger partial charge on any atom is 0.285 e. The van der Waals surface area contributed by atoms with Crippen LogP contribution in [0.4, 0.5) is 0 Å². The molecule has 1 saturated heterocycles. The van der Waals surface area contributed by atoms with Gasteiger partial charge in [0.25, 0.3) is 5.91 Å². The second-order valence-electron chi connectivity index (χ2n) is 3.66. The van der Waals surface area contributed by atoms with E-state index >= 15 is 0 Å². The van der Waals surface area contributed by atoms with Gasteiger partial charge in [-0.15, -0.1) is 10.2 Å². The molecule has 0 atom stereocenters. The topological polar surface area (TPSA) is 66.4 Å². The number of carbonyl (C=O) groups is 2. The minimum Gasteiger partial charge on any atom is -0.339 e. The van der Waals surface area contributed by atoms with Gasteiger partial charge >= 0.3 is 0 Å². The molecule has 0 spiro atoms. The van der Waals surface area contributed by atoms with Crippen LogP contribution < -0.4 is 0 Å². The fraction of sp³-hybridized carbons (Fsp3) is 0.556. The van der Waals surface area contributed by atoms with Crippen LogP contribution in [0.2, 0.25) is 4.47 Å². The molecule has 8 heteroatoms. The minimum absolute atomic E-state index is 0.0380. The molecule has 2 rings (SSSR count). The molecule has 6 nitrogen and oxygen atoms in total. The van der Waals surface area contributed by atoms with Gasteiger partial charge in [-0.1, -0.05) is 11.3 Å². The number of halogens is 1. The maximum atomic E-state index is 12.0. The zero-order chi connectivity index (χ0) is 12.4. The molecule has 2 amide bonds. The number of aromatic nitrogens is 2. The van der Waals surface area contributed by atoms with E-state index in [1.54, 1.807) is 9.80 Å². The zero-order valence-corrected chi connectivity index (χ0v) is 10.8. The van der Waals surface area contributed by atoms with E-state index in [1.807, 2.05) is 0 Å². The number of nitrogens with zero attached hydrogens (tertiary/aromatic N) is 4. The minimum atomic E-state index is -0.169. The molecule has 1 aliphatic rings. The average molecular weight is 275 g/mol. The SMILES string of the molecule is CC(=O)N1CCN(C(=O)c2nnc(Cl)s2)CC1. The molecule has 0 N–H and O–H groups in total. The van der Waals surface area contributed by atoms with Crippen LogP contribution in [-0.2, 0) is 4.79 Å². The Morgan fingerprint density at radius 1 is 1.18 bits per heavy atom. The van der Waals surface area contributed by atoms with Gasteiger partial charge in [0.05, 0.1) is 0 Å². The van der Waals surface area contributed by atoms with Crippen molar-refractivity contribution in [2.75, 3.05) is 26.2 Å². The van der Waals surface area contributed by atoms with E-state index in [1.165, 1.54) is 6.92 Å². The van der Waals surface area contributed by atoms with Crippen LogP contribution in [0.1, 0.15) is 16.7 Å². The predicted molar refractivity (Wildman–Crippen MR) is 63.1 cm³/mol. The van der Waals surface area contributed by atoms with Crippen molar-refractivity contribution in [2.24, 2.45) is 0 Å². The molecule has 0 aliphatic carbocycles. The Labute approximate surface area is 107 Å². The lowest BCUT2D eigenvalue weighted by Crippen LogP contribution is -2.50.